The summed E-state index contributed by atoms with van der Waals surface area (Å²) in [5, 5.41) is 11.0. The van der Waals surface area contributed by atoms with Crippen LogP contribution in [-0.4, -0.2) is 19.1 Å². The Bertz CT molecular complexity index is 635. The lowest BCUT2D eigenvalue weighted by atomic mass is 10.1. The Balaban J connectivity index is 2.18. The van der Waals surface area contributed by atoms with Crippen molar-refractivity contribution in [2.45, 2.75) is 76.0 Å². The van der Waals surface area contributed by atoms with E-state index in [9.17, 15) is 18.5 Å². The Labute approximate surface area is 164 Å². The summed E-state index contributed by atoms with van der Waals surface area (Å²) in [7, 11) is -1.59. The molecule has 0 heterocycles. The van der Waals surface area contributed by atoms with Crippen LogP contribution >= 0.6 is 20.6 Å². The zero-order valence-corrected chi connectivity index (χ0v) is 17.8. The quantitative estimate of drug-likeness (QED) is 0.138. The molecule has 0 aliphatic rings. The molecule has 1 rings (SSSR count). The van der Waals surface area contributed by atoms with Gasteiger partial charge in [-0.05, 0) is 23.3 Å². The molecule has 26 heavy (non-hydrogen) atoms. The molecule has 0 aliphatic heterocycles. The van der Waals surface area contributed by atoms with Gasteiger partial charge >= 0.3 is 0 Å². The molecular weight excluding hydrogens is 390 g/mol. The SMILES string of the molecule is CCCCCCCCCCCCS(=O)(=O)SSc1ccccc1[N+](=O)[O-]. The van der Waals surface area contributed by atoms with Crippen LogP contribution in [0.5, 0.6) is 0 Å². The van der Waals surface area contributed by atoms with Crippen LogP contribution in [0.3, 0.4) is 0 Å². The van der Waals surface area contributed by atoms with Crippen LogP contribution in [0.15, 0.2) is 29.2 Å². The van der Waals surface area contributed by atoms with Gasteiger partial charge in [-0.3, -0.25) is 10.1 Å². The minimum atomic E-state index is -3.27. The van der Waals surface area contributed by atoms with Gasteiger partial charge in [0.2, 0.25) is 8.87 Å². The number of hydrogen-bond donors (Lipinski definition) is 0. The number of hydrogen-bond acceptors (Lipinski definition) is 6. The molecule has 1 aromatic rings. The van der Waals surface area contributed by atoms with Gasteiger partial charge in [-0.1, -0.05) is 76.8 Å². The Kier molecular flexibility index (Phi) is 12.0. The van der Waals surface area contributed by atoms with Crippen molar-refractivity contribution in [3.05, 3.63) is 34.4 Å². The third-order valence-corrected chi connectivity index (χ3v) is 9.97. The van der Waals surface area contributed by atoms with Gasteiger partial charge in [0.15, 0.2) is 0 Å². The smallest absolute Gasteiger partial charge is 0.258 e. The van der Waals surface area contributed by atoms with Crippen LogP contribution in [-0.2, 0) is 8.87 Å². The summed E-state index contributed by atoms with van der Waals surface area (Å²) in [6, 6.07) is 6.21. The molecule has 0 atom stereocenters. The fourth-order valence-corrected chi connectivity index (χ4v) is 7.45. The van der Waals surface area contributed by atoms with E-state index in [1.807, 2.05) is 0 Å². The minimum Gasteiger partial charge on any atom is -0.258 e. The molecule has 0 radical (unpaired) electrons. The average molecular weight is 420 g/mol. The zero-order chi connectivity index (χ0) is 19.3. The topological polar surface area (TPSA) is 77.3 Å². The van der Waals surface area contributed by atoms with Crippen molar-refractivity contribution in [3.63, 3.8) is 0 Å². The molecule has 0 bridgehead atoms. The first-order valence-electron chi connectivity index (χ1n) is 9.28. The number of nitro benzene ring substituents is 1. The predicted octanol–water partition coefficient (Wildman–Crippen LogP) is 6.59. The summed E-state index contributed by atoms with van der Waals surface area (Å²) in [5.74, 6) is 0.127. The summed E-state index contributed by atoms with van der Waals surface area (Å²) in [5.41, 5.74) is -0.0564. The fraction of sp³-hybridized carbons (Fsp3) is 0.667. The van der Waals surface area contributed by atoms with Crippen LogP contribution in [0.1, 0.15) is 71.1 Å². The molecule has 0 amide bonds. The Morgan fingerprint density at radius 2 is 1.46 bits per heavy atom. The maximum Gasteiger partial charge on any atom is 0.283 e. The van der Waals surface area contributed by atoms with Crippen molar-refractivity contribution in [3.8, 4) is 0 Å². The molecule has 0 N–H and O–H groups in total. The molecule has 1 aromatic carbocycles. The van der Waals surface area contributed by atoms with E-state index >= 15 is 0 Å². The van der Waals surface area contributed by atoms with Gasteiger partial charge in [-0.15, -0.1) is 0 Å². The van der Waals surface area contributed by atoms with Crippen LogP contribution in [0.2, 0.25) is 0 Å². The van der Waals surface area contributed by atoms with Gasteiger partial charge in [0.25, 0.3) is 5.69 Å². The van der Waals surface area contributed by atoms with Crippen molar-refractivity contribution in [1.29, 1.82) is 0 Å². The van der Waals surface area contributed by atoms with Crippen LogP contribution in [0.25, 0.3) is 0 Å². The van der Waals surface area contributed by atoms with Gasteiger partial charge < -0.3 is 0 Å². The summed E-state index contributed by atoms with van der Waals surface area (Å²) in [6.45, 7) is 2.21. The van der Waals surface area contributed by atoms with E-state index in [0.29, 0.717) is 11.3 Å². The van der Waals surface area contributed by atoms with Gasteiger partial charge in [0, 0.05) is 15.9 Å². The number of benzene rings is 1. The first kappa shape index (κ1) is 23.3. The molecular formula is C18H29NO4S3. The third kappa shape index (κ3) is 10.4. The number of nitro groups is 1. The zero-order valence-electron chi connectivity index (χ0n) is 15.4. The van der Waals surface area contributed by atoms with Crippen LogP contribution in [0, 0.1) is 10.1 Å². The molecule has 8 heteroatoms. The Morgan fingerprint density at radius 3 is 2.04 bits per heavy atom. The molecule has 0 unspecified atom stereocenters. The van der Waals surface area contributed by atoms with Crippen LogP contribution in [0.4, 0.5) is 5.69 Å². The molecule has 0 fully saturated rings. The van der Waals surface area contributed by atoms with Crippen LogP contribution < -0.4 is 0 Å². The maximum absolute atomic E-state index is 12.1. The summed E-state index contributed by atoms with van der Waals surface area (Å²) >= 11 is 0. The first-order valence-corrected chi connectivity index (χ1v) is 13.6. The second-order valence-corrected chi connectivity index (χ2v) is 12.2. The highest BCUT2D eigenvalue weighted by Crippen LogP contribution is 2.40. The molecule has 5 nitrogen and oxygen atoms in total. The van der Waals surface area contributed by atoms with Crippen molar-refractivity contribution >= 4 is 35.2 Å². The molecule has 0 aromatic heterocycles. The summed E-state index contributed by atoms with van der Waals surface area (Å²) in [4.78, 5) is 10.8. The van der Waals surface area contributed by atoms with E-state index in [4.69, 9.17) is 0 Å². The fourth-order valence-electron chi connectivity index (χ4n) is 2.57. The second-order valence-electron chi connectivity index (χ2n) is 6.32. The summed E-state index contributed by atoms with van der Waals surface area (Å²) < 4.78 is 24.2. The van der Waals surface area contributed by atoms with Gasteiger partial charge in [0.1, 0.15) is 0 Å². The number of rotatable bonds is 15. The van der Waals surface area contributed by atoms with E-state index < -0.39 is 13.8 Å². The number of para-hydroxylation sites is 1. The van der Waals surface area contributed by atoms with E-state index in [0.717, 1.165) is 33.5 Å². The number of unbranched alkanes of at least 4 members (excludes halogenated alkanes) is 9. The monoisotopic (exact) mass is 419 g/mol. The lowest BCUT2D eigenvalue weighted by Crippen LogP contribution is -1.99. The third-order valence-electron chi connectivity index (χ3n) is 4.04. The average Bonchev–Trinajstić information content (AvgIpc) is 2.62. The van der Waals surface area contributed by atoms with Gasteiger partial charge in [0.05, 0.1) is 15.6 Å². The van der Waals surface area contributed by atoms with E-state index in [2.05, 4.69) is 6.92 Å². The largest absolute Gasteiger partial charge is 0.283 e. The molecule has 148 valence electrons. The second kappa shape index (κ2) is 13.4. The van der Waals surface area contributed by atoms with E-state index in [-0.39, 0.29) is 11.4 Å². The molecule has 0 aliphatic carbocycles. The highest BCUT2D eigenvalue weighted by Gasteiger charge is 2.18. The van der Waals surface area contributed by atoms with Crippen molar-refractivity contribution in [2.24, 2.45) is 0 Å². The minimum absolute atomic E-state index is 0.0564. The van der Waals surface area contributed by atoms with E-state index in [1.165, 1.54) is 51.0 Å². The maximum atomic E-state index is 12.1. The highest BCUT2D eigenvalue weighted by atomic mass is 33.5. The number of nitrogens with zero attached hydrogens (tertiary/aromatic N) is 1. The lowest BCUT2D eigenvalue weighted by Gasteiger charge is -2.04. The van der Waals surface area contributed by atoms with Gasteiger partial charge in [-0.25, -0.2) is 8.42 Å². The predicted molar refractivity (Wildman–Crippen MR) is 112 cm³/mol. The van der Waals surface area contributed by atoms with Gasteiger partial charge in [-0.2, -0.15) is 0 Å². The first-order chi connectivity index (χ1) is 12.5. The standard InChI is InChI=1S/C18H29NO4S3/c1-2-3-4-5-6-7-8-9-10-13-16-26(22,23)25-24-18-15-12-11-14-17(18)19(20)21/h11-12,14-15H,2-10,13,16H2,1H3. The Morgan fingerprint density at radius 1 is 0.923 bits per heavy atom. The van der Waals surface area contributed by atoms with Crippen molar-refractivity contribution in [1.82, 2.24) is 0 Å². The highest BCUT2D eigenvalue weighted by molar-refractivity contribution is 9.06. The molecule has 0 saturated heterocycles. The molecule has 0 saturated carbocycles. The lowest BCUT2D eigenvalue weighted by molar-refractivity contribution is -0.387. The van der Waals surface area contributed by atoms with E-state index in [1.54, 1.807) is 18.2 Å². The van der Waals surface area contributed by atoms with Crippen molar-refractivity contribution < 1.29 is 13.3 Å². The summed E-state index contributed by atoms with van der Waals surface area (Å²) in [6.07, 6.45) is 11.6. The van der Waals surface area contributed by atoms with Crippen molar-refractivity contribution in [2.75, 3.05) is 5.75 Å². The Hall–Kier alpha value is -0.730. The molecule has 0 spiro atoms. The normalized spacial score (nSPS) is 11.6.